The largest absolute Gasteiger partial charge is 0.396 e. The van der Waals surface area contributed by atoms with Crippen LogP contribution in [0.1, 0.15) is 0 Å². The van der Waals surface area contributed by atoms with Gasteiger partial charge in [0.25, 0.3) is 0 Å². The van der Waals surface area contributed by atoms with Crippen molar-refractivity contribution in [2.75, 3.05) is 11.5 Å². The highest BCUT2D eigenvalue weighted by Crippen LogP contribution is 2.30. The highest BCUT2D eigenvalue weighted by molar-refractivity contribution is 9.11. The van der Waals surface area contributed by atoms with Gasteiger partial charge in [-0.25, -0.2) is 0 Å². The first-order valence-electron chi connectivity index (χ1n) is 2.00. The molecule has 0 atom stereocenters. The Kier molecular flexibility index (Phi) is 1.44. The van der Waals surface area contributed by atoms with Gasteiger partial charge in [-0.1, -0.05) is 0 Å². The molecule has 0 saturated carbocycles. The second-order valence-corrected chi connectivity index (χ2v) is 3.83. The maximum Gasteiger partial charge on any atom is 0.110 e. The maximum atomic E-state index is 5.40. The van der Waals surface area contributed by atoms with Gasteiger partial charge in [0, 0.05) is 0 Å². The SMILES string of the molecule is Nc1cc(Br)sc1N. The zero-order chi connectivity index (χ0) is 6.15. The Morgan fingerprint density at radius 2 is 2.12 bits per heavy atom. The van der Waals surface area contributed by atoms with E-state index in [1.54, 1.807) is 6.07 Å². The number of nitrogens with two attached hydrogens (primary N) is 2. The van der Waals surface area contributed by atoms with Gasteiger partial charge in [-0.3, -0.25) is 0 Å². The molecule has 44 valence electrons. The molecular weight excluding hydrogens is 188 g/mol. The van der Waals surface area contributed by atoms with E-state index in [0.29, 0.717) is 10.7 Å². The Hall–Kier alpha value is -0.220. The molecule has 0 unspecified atom stereocenters. The van der Waals surface area contributed by atoms with Gasteiger partial charge >= 0.3 is 0 Å². The summed E-state index contributed by atoms with van der Waals surface area (Å²) in [5, 5.41) is 0.678. The number of halogens is 1. The summed E-state index contributed by atoms with van der Waals surface area (Å²) in [6, 6.07) is 1.79. The Balaban J connectivity index is 3.14. The topological polar surface area (TPSA) is 52.0 Å². The molecule has 4 heteroatoms. The van der Waals surface area contributed by atoms with E-state index in [0.717, 1.165) is 3.79 Å². The highest BCUT2D eigenvalue weighted by Gasteiger charge is 1.96. The Bertz CT molecular complexity index is 176. The molecule has 0 radical (unpaired) electrons. The number of anilines is 2. The molecule has 0 aliphatic heterocycles. The third kappa shape index (κ3) is 0.952. The van der Waals surface area contributed by atoms with E-state index in [2.05, 4.69) is 15.9 Å². The molecule has 0 aliphatic rings. The van der Waals surface area contributed by atoms with Crippen LogP contribution in [0.5, 0.6) is 0 Å². The van der Waals surface area contributed by atoms with E-state index < -0.39 is 0 Å². The van der Waals surface area contributed by atoms with Crippen molar-refractivity contribution in [2.45, 2.75) is 0 Å². The fourth-order valence-corrected chi connectivity index (χ4v) is 1.73. The lowest BCUT2D eigenvalue weighted by molar-refractivity contribution is 1.83. The fourth-order valence-electron chi connectivity index (χ4n) is 0.387. The molecule has 0 aliphatic carbocycles. The molecule has 1 aromatic heterocycles. The van der Waals surface area contributed by atoms with Gasteiger partial charge in [0.15, 0.2) is 0 Å². The van der Waals surface area contributed by atoms with Crippen molar-refractivity contribution in [2.24, 2.45) is 0 Å². The highest BCUT2D eigenvalue weighted by atomic mass is 79.9. The molecular formula is C4H5BrN2S. The third-order valence-electron chi connectivity index (χ3n) is 0.761. The van der Waals surface area contributed by atoms with Crippen LogP contribution in [0, 0.1) is 0 Å². The first-order valence-corrected chi connectivity index (χ1v) is 3.61. The summed E-state index contributed by atoms with van der Waals surface area (Å²) in [5.74, 6) is 0. The number of hydrogen-bond donors (Lipinski definition) is 2. The number of rotatable bonds is 0. The summed E-state index contributed by atoms with van der Waals surface area (Å²) in [5.41, 5.74) is 11.5. The molecule has 0 amide bonds. The van der Waals surface area contributed by atoms with Gasteiger partial charge in [-0.2, -0.15) is 0 Å². The number of hydrogen-bond acceptors (Lipinski definition) is 3. The minimum atomic E-state index is 0.655. The van der Waals surface area contributed by atoms with Gasteiger partial charge < -0.3 is 11.5 Å². The van der Waals surface area contributed by atoms with E-state index in [1.165, 1.54) is 11.3 Å². The van der Waals surface area contributed by atoms with Gasteiger partial charge in [0.05, 0.1) is 9.47 Å². The van der Waals surface area contributed by atoms with Gasteiger partial charge in [0.1, 0.15) is 5.00 Å². The van der Waals surface area contributed by atoms with Crippen LogP contribution in [-0.2, 0) is 0 Å². The lowest BCUT2D eigenvalue weighted by Crippen LogP contribution is -1.86. The van der Waals surface area contributed by atoms with Crippen molar-refractivity contribution in [3.8, 4) is 0 Å². The van der Waals surface area contributed by atoms with Crippen molar-refractivity contribution in [1.29, 1.82) is 0 Å². The van der Waals surface area contributed by atoms with Gasteiger partial charge in [-0.15, -0.1) is 11.3 Å². The minimum Gasteiger partial charge on any atom is -0.396 e. The summed E-state index contributed by atoms with van der Waals surface area (Å²) in [7, 11) is 0. The smallest absolute Gasteiger partial charge is 0.110 e. The van der Waals surface area contributed by atoms with Crippen LogP contribution in [0.2, 0.25) is 0 Å². The summed E-state index contributed by atoms with van der Waals surface area (Å²) < 4.78 is 0.979. The van der Waals surface area contributed by atoms with E-state index in [-0.39, 0.29) is 0 Å². The maximum absolute atomic E-state index is 5.40. The van der Waals surface area contributed by atoms with Crippen molar-refractivity contribution in [3.63, 3.8) is 0 Å². The van der Waals surface area contributed by atoms with Crippen molar-refractivity contribution >= 4 is 38.0 Å². The molecule has 1 aromatic rings. The lowest BCUT2D eigenvalue weighted by atomic mass is 10.5. The predicted molar refractivity (Wildman–Crippen MR) is 40.8 cm³/mol. The van der Waals surface area contributed by atoms with Crippen molar-refractivity contribution in [1.82, 2.24) is 0 Å². The normalized spacial score (nSPS) is 9.62. The molecule has 8 heavy (non-hydrogen) atoms. The van der Waals surface area contributed by atoms with Crippen LogP contribution in [0.3, 0.4) is 0 Å². The molecule has 0 bridgehead atoms. The third-order valence-corrected chi connectivity index (χ3v) is 2.24. The van der Waals surface area contributed by atoms with E-state index >= 15 is 0 Å². The first-order chi connectivity index (χ1) is 3.70. The van der Waals surface area contributed by atoms with Crippen LogP contribution in [0.4, 0.5) is 10.7 Å². The molecule has 0 fully saturated rings. The van der Waals surface area contributed by atoms with Crippen LogP contribution < -0.4 is 11.5 Å². The molecule has 1 rings (SSSR count). The molecule has 4 N–H and O–H groups in total. The first kappa shape index (κ1) is 5.91. The van der Waals surface area contributed by atoms with Crippen molar-refractivity contribution < 1.29 is 0 Å². The average Bonchev–Trinajstić information content (AvgIpc) is 1.85. The number of nitrogen functional groups attached to an aromatic ring is 2. The second kappa shape index (κ2) is 1.95. The summed E-state index contributed by atoms with van der Waals surface area (Å²) in [6.45, 7) is 0. The number of thiophene rings is 1. The zero-order valence-corrected chi connectivity index (χ0v) is 6.42. The van der Waals surface area contributed by atoms with Crippen LogP contribution in [-0.4, -0.2) is 0 Å². The molecule has 0 spiro atoms. The molecule has 2 nitrogen and oxygen atoms in total. The Morgan fingerprint density at radius 1 is 1.50 bits per heavy atom. The van der Waals surface area contributed by atoms with E-state index in [4.69, 9.17) is 11.5 Å². The Morgan fingerprint density at radius 3 is 2.25 bits per heavy atom. The molecule has 1 heterocycles. The average molecular weight is 193 g/mol. The quantitative estimate of drug-likeness (QED) is 0.658. The second-order valence-electron chi connectivity index (χ2n) is 1.37. The predicted octanol–water partition coefficient (Wildman–Crippen LogP) is 1.67. The van der Waals surface area contributed by atoms with Crippen LogP contribution in [0.15, 0.2) is 9.85 Å². The lowest BCUT2D eigenvalue weighted by Gasteiger charge is -1.81. The van der Waals surface area contributed by atoms with Gasteiger partial charge in [0.2, 0.25) is 0 Å². The molecule has 0 saturated heterocycles. The molecule has 0 aromatic carbocycles. The van der Waals surface area contributed by atoms with E-state index in [1.807, 2.05) is 0 Å². The summed E-state index contributed by atoms with van der Waals surface area (Å²) in [4.78, 5) is 0. The van der Waals surface area contributed by atoms with Crippen LogP contribution >= 0.6 is 27.3 Å². The Labute approximate surface area is 59.6 Å². The zero-order valence-electron chi connectivity index (χ0n) is 4.02. The van der Waals surface area contributed by atoms with Crippen LogP contribution in [0.25, 0.3) is 0 Å². The van der Waals surface area contributed by atoms with Gasteiger partial charge in [-0.05, 0) is 22.0 Å². The summed E-state index contributed by atoms with van der Waals surface area (Å²) >= 11 is 4.68. The monoisotopic (exact) mass is 192 g/mol. The van der Waals surface area contributed by atoms with Crippen molar-refractivity contribution in [3.05, 3.63) is 9.85 Å². The minimum absolute atomic E-state index is 0.655. The summed E-state index contributed by atoms with van der Waals surface area (Å²) in [6.07, 6.45) is 0. The van der Waals surface area contributed by atoms with E-state index in [9.17, 15) is 0 Å². The standard InChI is InChI=1S/C4H5BrN2S/c5-3-1-2(6)4(7)8-3/h1H,6-7H2. The fraction of sp³-hybridized carbons (Fsp3) is 0.